The fraction of sp³-hybridized carbons (Fsp3) is 0.294. The Balaban J connectivity index is 1.48. The molecular formula is C17H19FN3O3+. The van der Waals surface area contributed by atoms with Crippen molar-refractivity contribution in [3.05, 3.63) is 54.2 Å². The molecule has 0 bridgehead atoms. The number of benzene rings is 1. The third kappa shape index (κ3) is 3.80. The van der Waals surface area contributed by atoms with Crippen molar-refractivity contribution >= 4 is 17.5 Å². The molecule has 1 saturated heterocycles. The Labute approximate surface area is 138 Å². The molecule has 0 saturated carbocycles. The monoisotopic (exact) mass is 332 g/mol. The van der Waals surface area contributed by atoms with Crippen LogP contribution in [0.25, 0.3) is 0 Å². The van der Waals surface area contributed by atoms with E-state index >= 15 is 0 Å². The summed E-state index contributed by atoms with van der Waals surface area (Å²) < 4.78 is 18.6. The number of rotatable bonds is 4. The molecule has 2 heterocycles. The van der Waals surface area contributed by atoms with Crippen LogP contribution < -0.4 is 10.2 Å². The average Bonchev–Trinajstić information content (AvgIpc) is 3.11. The number of amides is 2. The van der Waals surface area contributed by atoms with Crippen LogP contribution in [0.15, 0.2) is 47.1 Å². The lowest BCUT2D eigenvalue weighted by molar-refractivity contribution is -0.895. The summed E-state index contributed by atoms with van der Waals surface area (Å²) >= 11 is 0. The van der Waals surface area contributed by atoms with Crippen molar-refractivity contribution < 1.29 is 23.3 Å². The molecule has 1 aromatic carbocycles. The fourth-order valence-corrected chi connectivity index (χ4v) is 2.74. The zero-order valence-corrected chi connectivity index (χ0v) is 13.1. The highest BCUT2D eigenvalue weighted by atomic mass is 19.1. The van der Waals surface area contributed by atoms with Gasteiger partial charge in [0.1, 0.15) is 5.82 Å². The van der Waals surface area contributed by atoms with E-state index in [9.17, 15) is 14.0 Å². The topological polar surface area (TPSA) is 67.0 Å². The predicted octanol–water partition coefficient (Wildman–Crippen LogP) is 0.398. The zero-order chi connectivity index (χ0) is 16.9. The second-order valence-corrected chi connectivity index (χ2v) is 5.72. The first-order chi connectivity index (χ1) is 11.6. The van der Waals surface area contributed by atoms with Crippen LogP contribution >= 0.6 is 0 Å². The first-order valence-corrected chi connectivity index (χ1v) is 7.84. The van der Waals surface area contributed by atoms with E-state index in [2.05, 4.69) is 5.32 Å². The van der Waals surface area contributed by atoms with E-state index in [-0.39, 0.29) is 24.0 Å². The van der Waals surface area contributed by atoms with Gasteiger partial charge in [0.25, 0.3) is 11.8 Å². The maximum absolute atomic E-state index is 13.5. The van der Waals surface area contributed by atoms with E-state index in [0.717, 1.165) is 4.90 Å². The van der Waals surface area contributed by atoms with E-state index in [0.29, 0.717) is 31.9 Å². The van der Waals surface area contributed by atoms with Crippen molar-refractivity contribution in [1.29, 1.82) is 0 Å². The molecule has 3 rings (SSSR count). The van der Waals surface area contributed by atoms with Gasteiger partial charge in [-0.1, -0.05) is 12.1 Å². The van der Waals surface area contributed by atoms with Crippen molar-refractivity contribution in [2.75, 3.05) is 38.0 Å². The van der Waals surface area contributed by atoms with E-state index in [1.54, 1.807) is 29.2 Å². The van der Waals surface area contributed by atoms with E-state index < -0.39 is 5.82 Å². The number of carbonyl (C=O) groups is 2. The molecule has 1 aliphatic heterocycles. The maximum atomic E-state index is 13.5. The quantitative estimate of drug-likeness (QED) is 0.852. The second-order valence-electron chi connectivity index (χ2n) is 5.72. The summed E-state index contributed by atoms with van der Waals surface area (Å²) in [7, 11) is 0. The smallest absolute Gasteiger partial charge is 0.289 e. The number of hydrogen-bond donors (Lipinski definition) is 2. The third-order valence-corrected chi connectivity index (χ3v) is 4.05. The standard InChI is InChI=1S/C17H18FN3O3/c18-13-4-1-2-5-14(13)19-16(22)12-20-7-9-21(10-8-20)17(23)15-6-3-11-24-15/h1-6,11H,7-10,12H2,(H,19,22)/p+1. The Morgan fingerprint density at radius 1 is 1.17 bits per heavy atom. The number of anilines is 1. The summed E-state index contributed by atoms with van der Waals surface area (Å²) in [6, 6.07) is 9.41. The average molecular weight is 332 g/mol. The number of quaternary nitrogens is 1. The van der Waals surface area contributed by atoms with Crippen LogP contribution in [-0.2, 0) is 4.79 Å². The molecule has 0 atom stereocenters. The largest absolute Gasteiger partial charge is 0.459 e. The van der Waals surface area contributed by atoms with Crippen LogP contribution in [0.5, 0.6) is 0 Å². The summed E-state index contributed by atoms with van der Waals surface area (Å²) in [5, 5.41) is 2.58. The number of para-hydroxylation sites is 1. The molecule has 0 aliphatic carbocycles. The first-order valence-electron chi connectivity index (χ1n) is 7.84. The van der Waals surface area contributed by atoms with Crippen LogP contribution in [0.2, 0.25) is 0 Å². The van der Waals surface area contributed by atoms with Crippen molar-refractivity contribution in [3.63, 3.8) is 0 Å². The minimum atomic E-state index is -0.449. The Morgan fingerprint density at radius 2 is 1.92 bits per heavy atom. The molecule has 0 unspecified atom stereocenters. The molecule has 126 valence electrons. The minimum Gasteiger partial charge on any atom is -0.459 e. The molecule has 24 heavy (non-hydrogen) atoms. The van der Waals surface area contributed by atoms with Crippen molar-refractivity contribution in [1.82, 2.24) is 4.90 Å². The van der Waals surface area contributed by atoms with Gasteiger partial charge in [0.05, 0.1) is 38.1 Å². The van der Waals surface area contributed by atoms with Gasteiger partial charge in [-0.25, -0.2) is 4.39 Å². The van der Waals surface area contributed by atoms with Gasteiger partial charge in [-0.2, -0.15) is 0 Å². The van der Waals surface area contributed by atoms with Crippen molar-refractivity contribution in [3.8, 4) is 0 Å². The molecule has 0 radical (unpaired) electrons. The molecular weight excluding hydrogens is 313 g/mol. The number of hydrogen-bond acceptors (Lipinski definition) is 3. The molecule has 2 amide bonds. The van der Waals surface area contributed by atoms with Crippen LogP contribution in [0.3, 0.4) is 0 Å². The molecule has 6 nitrogen and oxygen atoms in total. The Bertz CT molecular complexity index is 710. The molecule has 1 fully saturated rings. The van der Waals surface area contributed by atoms with E-state index in [4.69, 9.17) is 4.42 Å². The van der Waals surface area contributed by atoms with E-state index in [1.165, 1.54) is 18.4 Å². The number of halogens is 1. The molecule has 2 N–H and O–H groups in total. The Morgan fingerprint density at radius 3 is 2.58 bits per heavy atom. The molecule has 0 spiro atoms. The summed E-state index contributed by atoms with van der Waals surface area (Å²) in [5.74, 6) is -0.485. The normalized spacial score (nSPS) is 15.3. The van der Waals surface area contributed by atoms with Gasteiger partial charge >= 0.3 is 0 Å². The highest BCUT2D eigenvalue weighted by Gasteiger charge is 2.27. The highest BCUT2D eigenvalue weighted by molar-refractivity contribution is 5.92. The van der Waals surface area contributed by atoms with Gasteiger partial charge in [-0.3, -0.25) is 9.59 Å². The highest BCUT2D eigenvalue weighted by Crippen LogP contribution is 2.11. The Hall–Kier alpha value is -2.67. The van der Waals surface area contributed by atoms with Crippen LogP contribution in [0, 0.1) is 5.82 Å². The summed E-state index contributed by atoms with van der Waals surface area (Å²) in [4.78, 5) is 27.0. The predicted molar refractivity (Wildman–Crippen MR) is 85.2 cm³/mol. The van der Waals surface area contributed by atoms with Crippen LogP contribution in [0.4, 0.5) is 10.1 Å². The SMILES string of the molecule is O=C(C[NH+]1CCN(C(=O)c2ccco2)CC1)Nc1ccccc1F. The molecule has 7 heteroatoms. The third-order valence-electron chi connectivity index (χ3n) is 4.05. The Kier molecular flexibility index (Phi) is 4.90. The molecule has 2 aromatic rings. The van der Waals surface area contributed by atoms with E-state index in [1.807, 2.05) is 0 Å². The van der Waals surface area contributed by atoms with Crippen LogP contribution in [0.1, 0.15) is 10.6 Å². The molecule has 1 aromatic heterocycles. The lowest BCUT2D eigenvalue weighted by Crippen LogP contribution is -3.15. The number of furan rings is 1. The van der Waals surface area contributed by atoms with Gasteiger partial charge in [-0.05, 0) is 24.3 Å². The zero-order valence-electron chi connectivity index (χ0n) is 13.1. The number of nitrogens with one attached hydrogen (secondary N) is 2. The van der Waals surface area contributed by atoms with Gasteiger partial charge in [0.15, 0.2) is 12.3 Å². The van der Waals surface area contributed by atoms with Crippen molar-refractivity contribution in [2.24, 2.45) is 0 Å². The van der Waals surface area contributed by atoms with Gasteiger partial charge < -0.3 is 19.5 Å². The maximum Gasteiger partial charge on any atom is 0.289 e. The number of piperazine rings is 1. The summed E-state index contributed by atoms with van der Waals surface area (Å²) in [5.41, 5.74) is 0.188. The number of carbonyl (C=O) groups excluding carboxylic acids is 2. The van der Waals surface area contributed by atoms with Crippen LogP contribution in [-0.4, -0.2) is 49.4 Å². The minimum absolute atomic E-state index is 0.130. The second kappa shape index (κ2) is 7.27. The summed E-state index contributed by atoms with van der Waals surface area (Å²) in [6.45, 7) is 2.69. The van der Waals surface area contributed by atoms with Gasteiger partial charge in [-0.15, -0.1) is 0 Å². The lowest BCUT2D eigenvalue weighted by Gasteiger charge is -2.31. The van der Waals surface area contributed by atoms with Gasteiger partial charge in [0, 0.05) is 0 Å². The first kappa shape index (κ1) is 16.2. The number of nitrogens with zero attached hydrogens (tertiary/aromatic N) is 1. The molecule has 1 aliphatic rings. The van der Waals surface area contributed by atoms with Crippen molar-refractivity contribution in [2.45, 2.75) is 0 Å². The summed E-state index contributed by atoms with van der Waals surface area (Å²) in [6.07, 6.45) is 1.47. The fourth-order valence-electron chi connectivity index (χ4n) is 2.74. The lowest BCUT2D eigenvalue weighted by atomic mass is 10.2. The van der Waals surface area contributed by atoms with Gasteiger partial charge in [0.2, 0.25) is 0 Å².